The molecule has 3 rings (SSSR count). The van der Waals surface area contributed by atoms with Crippen LogP contribution in [-0.4, -0.2) is 30.5 Å². The molecule has 5 heteroatoms. The molecular weight excluding hydrogens is 370 g/mol. The summed E-state index contributed by atoms with van der Waals surface area (Å²) < 4.78 is 27.4. The molecule has 1 aliphatic heterocycles. The summed E-state index contributed by atoms with van der Waals surface area (Å²) in [6, 6.07) is 17.0. The van der Waals surface area contributed by atoms with Crippen molar-refractivity contribution in [2.75, 3.05) is 6.54 Å². The third kappa shape index (κ3) is 4.95. The molecule has 1 N–H and O–H groups in total. The Balaban J connectivity index is 2.02. The third-order valence-corrected chi connectivity index (χ3v) is 6.29. The van der Waals surface area contributed by atoms with Crippen LogP contribution in [0, 0.1) is 30.7 Å². The summed E-state index contributed by atoms with van der Waals surface area (Å²) in [5.74, 6) is 8.79. The standard InChI is InChI=1S/C23H23NO3S/c1-19-10-14-23(15-11-19)28(26,27)24-17-6-2-3-9-22(25)13-12-20-7-4-5-8-21(20)16-18-24/h4-5,7-8,10-11,14-15,22,25H,2-3,6,9,17H2,1H3/t22-/m0/s1. The lowest BCUT2D eigenvalue weighted by molar-refractivity contribution is 0.217. The summed E-state index contributed by atoms with van der Waals surface area (Å²) >= 11 is 0. The van der Waals surface area contributed by atoms with Gasteiger partial charge in [0.15, 0.2) is 0 Å². The second-order valence-electron chi connectivity index (χ2n) is 6.81. The van der Waals surface area contributed by atoms with Gasteiger partial charge in [-0.2, -0.15) is 0 Å². The molecule has 0 amide bonds. The number of aliphatic hydroxyl groups excluding tert-OH is 1. The van der Waals surface area contributed by atoms with Crippen LogP contribution in [0.2, 0.25) is 0 Å². The molecule has 0 radical (unpaired) electrons. The van der Waals surface area contributed by atoms with E-state index in [1.807, 2.05) is 25.1 Å². The first kappa shape index (κ1) is 20.0. The number of rotatable bonds is 2. The maximum atomic E-state index is 13.1. The van der Waals surface area contributed by atoms with Crippen molar-refractivity contribution >= 4 is 10.0 Å². The fraction of sp³-hybridized carbons (Fsp3) is 0.304. The molecule has 2 aromatic carbocycles. The van der Waals surface area contributed by atoms with Crippen molar-refractivity contribution in [3.63, 3.8) is 0 Å². The largest absolute Gasteiger partial charge is 0.380 e. The van der Waals surface area contributed by atoms with Gasteiger partial charge < -0.3 is 5.11 Å². The summed E-state index contributed by atoms with van der Waals surface area (Å²) in [7, 11) is -3.72. The Labute approximate surface area is 167 Å². The van der Waals surface area contributed by atoms with Gasteiger partial charge in [-0.25, -0.2) is 12.7 Å². The predicted molar refractivity (Wildman–Crippen MR) is 110 cm³/mol. The maximum absolute atomic E-state index is 13.1. The van der Waals surface area contributed by atoms with Gasteiger partial charge in [-0.1, -0.05) is 48.1 Å². The monoisotopic (exact) mass is 393 g/mol. The zero-order valence-corrected chi connectivity index (χ0v) is 16.7. The van der Waals surface area contributed by atoms with Crippen LogP contribution < -0.4 is 0 Å². The van der Waals surface area contributed by atoms with Gasteiger partial charge in [-0.3, -0.25) is 0 Å². The molecule has 4 nitrogen and oxygen atoms in total. The van der Waals surface area contributed by atoms with E-state index in [0.717, 1.165) is 18.4 Å². The van der Waals surface area contributed by atoms with Crippen molar-refractivity contribution in [2.45, 2.75) is 43.6 Å². The highest BCUT2D eigenvalue weighted by atomic mass is 32.2. The molecule has 0 aromatic heterocycles. The van der Waals surface area contributed by atoms with Crippen LogP contribution in [0.3, 0.4) is 0 Å². The molecule has 0 fully saturated rings. The average Bonchev–Trinajstić information content (AvgIpc) is 2.70. The van der Waals surface area contributed by atoms with E-state index in [1.165, 1.54) is 4.31 Å². The van der Waals surface area contributed by atoms with E-state index in [-0.39, 0.29) is 4.90 Å². The summed E-state index contributed by atoms with van der Waals surface area (Å²) in [4.78, 5) is 0.236. The second kappa shape index (κ2) is 8.97. The Bertz CT molecular complexity index is 1050. The Kier molecular flexibility index (Phi) is 6.41. The van der Waals surface area contributed by atoms with Crippen LogP contribution in [0.15, 0.2) is 53.4 Å². The molecule has 28 heavy (non-hydrogen) atoms. The van der Waals surface area contributed by atoms with Gasteiger partial charge in [0.1, 0.15) is 6.10 Å². The smallest absolute Gasteiger partial charge is 0.270 e. The number of hydrogen-bond donors (Lipinski definition) is 1. The zero-order chi connectivity index (χ0) is 20.0. The van der Waals surface area contributed by atoms with Crippen molar-refractivity contribution in [1.82, 2.24) is 4.31 Å². The van der Waals surface area contributed by atoms with Gasteiger partial charge in [0, 0.05) is 23.7 Å². The Morgan fingerprint density at radius 3 is 2.36 bits per heavy atom. The third-order valence-electron chi connectivity index (χ3n) is 4.56. The van der Waals surface area contributed by atoms with E-state index in [0.29, 0.717) is 30.5 Å². The number of aryl methyl sites for hydroxylation is 1. The first-order chi connectivity index (χ1) is 13.5. The molecule has 0 bridgehead atoms. The molecule has 2 aromatic rings. The first-order valence-corrected chi connectivity index (χ1v) is 10.8. The molecular formula is C23H23NO3S. The van der Waals surface area contributed by atoms with Gasteiger partial charge in [0.25, 0.3) is 10.0 Å². The lowest BCUT2D eigenvalue weighted by Gasteiger charge is -2.18. The molecule has 144 valence electrons. The summed E-state index contributed by atoms with van der Waals surface area (Å²) in [6.45, 7) is 2.23. The lowest BCUT2D eigenvalue weighted by atomic mass is 10.1. The van der Waals surface area contributed by atoms with Crippen molar-refractivity contribution in [3.05, 3.63) is 65.2 Å². The number of hydrogen-bond acceptors (Lipinski definition) is 3. The predicted octanol–water partition coefficient (Wildman–Crippen LogP) is 3.28. The number of aliphatic hydroxyl groups is 1. The van der Waals surface area contributed by atoms with Crippen LogP contribution in [0.4, 0.5) is 0 Å². The summed E-state index contributed by atoms with van der Waals surface area (Å²) in [5.41, 5.74) is 2.33. The van der Waals surface area contributed by atoms with E-state index < -0.39 is 16.1 Å². The fourth-order valence-corrected chi connectivity index (χ4v) is 4.17. The van der Waals surface area contributed by atoms with E-state index in [4.69, 9.17) is 0 Å². The lowest BCUT2D eigenvalue weighted by Crippen LogP contribution is -2.27. The first-order valence-electron chi connectivity index (χ1n) is 9.36. The van der Waals surface area contributed by atoms with Crippen molar-refractivity contribution in [1.29, 1.82) is 0 Å². The van der Waals surface area contributed by atoms with Crippen LogP contribution in [0.25, 0.3) is 0 Å². The number of benzene rings is 2. The molecule has 0 saturated heterocycles. The zero-order valence-electron chi connectivity index (χ0n) is 15.9. The van der Waals surface area contributed by atoms with Gasteiger partial charge in [-0.05, 0) is 56.4 Å². The SMILES string of the molecule is Cc1ccc(S(=O)(=O)N2C#Cc3ccccc3C#C[C@@H](O)CCCCC2)cc1. The normalized spacial score (nSPS) is 17.5. The molecule has 1 heterocycles. The average molecular weight is 394 g/mol. The number of fused-ring (bicyclic) bond motifs is 1. The van der Waals surface area contributed by atoms with E-state index in [9.17, 15) is 13.5 Å². The van der Waals surface area contributed by atoms with Crippen molar-refractivity contribution in [2.24, 2.45) is 0 Å². The molecule has 0 unspecified atom stereocenters. The minimum absolute atomic E-state index is 0.236. The number of sulfonamides is 1. The highest BCUT2D eigenvalue weighted by Gasteiger charge is 2.21. The Morgan fingerprint density at radius 1 is 0.964 bits per heavy atom. The highest BCUT2D eigenvalue weighted by Crippen LogP contribution is 2.18. The Hall–Kier alpha value is -2.73. The molecule has 1 aliphatic rings. The fourth-order valence-electron chi connectivity index (χ4n) is 2.90. The van der Waals surface area contributed by atoms with Crippen LogP contribution in [0.5, 0.6) is 0 Å². The van der Waals surface area contributed by atoms with E-state index in [1.54, 1.807) is 30.3 Å². The van der Waals surface area contributed by atoms with Gasteiger partial charge in [0.05, 0.1) is 4.90 Å². The Morgan fingerprint density at radius 2 is 1.64 bits per heavy atom. The summed E-state index contributed by atoms with van der Waals surface area (Å²) in [6.07, 6.45) is 2.13. The highest BCUT2D eigenvalue weighted by molar-refractivity contribution is 7.89. The minimum atomic E-state index is -3.72. The molecule has 0 aliphatic carbocycles. The van der Waals surface area contributed by atoms with Gasteiger partial charge in [0.2, 0.25) is 0 Å². The van der Waals surface area contributed by atoms with Gasteiger partial charge >= 0.3 is 0 Å². The quantitative estimate of drug-likeness (QED) is 0.797. The van der Waals surface area contributed by atoms with Crippen molar-refractivity contribution in [3.8, 4) is 23.8 Å². The van der Waals surface area contributed by atoms with E-state index >= 15 is 0 Å². The summed E-state index contributed by atoms with van der Waals surface area (Å²) in [5, 5.41) is 10.0. The molecule has 0 saturated carbocycles. The topological polar surface area (TPSA) is 57.6 Å². The maximum Gasteiger partial charge on any atom is 0.270 e. The second-order valence-corrected chi connectivity index (χ2v) is 8.67. The van der Waals surface area contributed by atoms with Crippen LogP contribution >= 0.6 is 0 Å². The van der Waals surface area contributed by atoms with Crippen molar-refractivity contribution < 1.29 is 13.5 Å². The van der Waals surface area contributed by atoms with E-state index in [2.05, 4.69) is 23.8 Å². The number of nitrogens with zero attached hydrogens (tertiary/aromatic N) is 1. The van der Waals surface area contributed by atoms with Gasteiger partial charge in [-0.15, -0.1) is 0 Å². The molecule has 0 spiro atoms. The van der Waals surface area contributed by atoms with Crippen LogP contribution in [0.1, 0.15) is 42.4 Å². The molecule has 1 atom stereocenters. The minimum Gasteiger partial charge on any atom is -0.380 e. The van der Waals surface area contributed by atoms with Crippen LogP contribution in [-0.2, 0) is 10.0 Å².